The van der Waals surface area contributed by atoms with E-state index in [2.05, 4.69) is 15.0 Å². The fraction of sp³-hybridized carbons (Fsp3) is 0.367. The van der Waals surface area contributed by atoms with Gasteiger partial charge in [-0.25, -0.2) is 19.4 Å². The molecule has 2 aliphatic heterocycles. The molecule has 12 nitrogen and oxygen atoms in total. The van der Waals surface area contributed by atoms with Gasteiger partial charge < -0.3 is 24.0 Å². The molecule has 1 N–H and O–H groups in total. The molecule has 218 valence electrons. The Morgan fingerprint density at radius 3 is 2.40 bits per heavy atom. The van der Waals surface area contributed by atoms with E-state index < -0.39 is 6.09 Å². The predicted molar refractivity (Wildman–Crippen MR) is 157 cm³/mol. The van der Waals surface area contributed by atoms with Crippen LogP contribution >= 0.6 is 0 Å². The first-order chi connectivity index (χ1) is 20.6. The Kier molecular flexibility index (Phi) is 7.87. The number of nitrogens with one attached hydrogen (secondary N) is 1. The lowest BCUT2D eigenvalue weighted by molar-refractivity contribution is 0.0688. The van der Waals surface area contributed by atoms with Gasteiger partial charge in [0, 0.05) is 37.4 Å². The molecule has 2 aromatic carbocycles. The molecule has 42 heavy (non-hydrogen) atoms. The number of hydrogen-bond donors (Lipinski definition) is 1. The van der Waals surface area contributed by atoms with Gasteiger partial charge in [0.15, 0.2) is 11.5 Å². The SMILES string of the molecule is COC(=O)Nc1ccc(-c2nc(N3CCOCC3)c3cnn(C4CCN(C(=O)c5ccccc5OC)CC4)c3n2)cc1. The third-order valence-corrected chi connectivity index (χ3v) is 7.75. The second-order valence-corrected chi connectivity index (χ2v) is 10.2. The molecule has 0 radical (unpaired) electrons. The molecule has 2 aliphatic rings. The van der Waals surface area contributed by atoms with Crippen LogP contribution in [0.4, 0.5) is 16.3 Å². The lowest BCUT2D eigenvalue weighted by Gasteiger charge is -2.32. The zero-order chi connectivity index (χ0) is 29.1. The maximum Gasteiger partial charge on any atom is 0.411 e. The molecule has 4 heterocycles. The molecule has 0 spiro atoms. The Morgan fingerprint density at radius 1 is 0.952 bits per heavy atom. The van der Waals surface area contributed by atoms with Gasteiger partial charge in [-0.3, -0.25) is 10.1 Å². The molecule has 4 aromatic rings. The average Bonchev–Trinajstić information content (AvgIpc) is 3.49. The molecule has 6 rings (SSSR count). The number of carbonyl (C=O) groups excluding carboxylic acids is 2. The second kappa shape index (κ2) is 12.0. The fourth-order valence-corrected chi connectivity index (χ4v) is 5.50. The molecule has 2 fully saturated rings. The van der Waals surface area contributed by atoms with E-state index in [9.17, 15) is 9.59 Å². The summed E-state index contributed by atoms with van der Waals surface area (Å²) >= 11 is 0. The van der Waals surface area contributed by atoms with E-state index in [1.807, 2.05) is 46.1 Å². The monoisotopic (exact) mass is 571 g/mol. The first-order valence-electron chi connectivity index (χ1n) is 14.0. The van der Waals surface area contributed by atoms with Gasteiger partial charge in [0.2, 0.25) is 0 Å². The van der Waals surface area contributed by atoms with E-state index >= 15 is 0 Å². The van der Waals surface area contributed by atoms with Crippen molar-refractivity contribution in [1.82, 2.24) is 24.6 Å². The predicted octanol–water partition coefficient (Wildman–Crippen LogP) is 3.99. The van der Waals surface area contributed by atoms with Crippen molar-refractivity contribution < 1.29 is 23.8 Å². The number of piperidine rings is 1. The van der Waals surface area contributed by atoms with Crippen molar-refractivity contribution in [2.45, 2.75) is 18.9 Å². The summed E-state index contributed by atoms with van der Waals surface area (Å²) in [6.07, 6.45) is 2.81. The highest BCUT2D eigenvalue weighted by Crippen LogP contribution is 2.33. The number of para-hydroxylation sites is 1. The van der Waals surface area contributed by atoms with Gasteiger partial charge in [-0.05, 0) is 49.2 Å². The second-order valence-electron chi connectivity index (χ2n) is 10.2. The summed E-state index contributed by atoms with van der Waals surface area (Å²) in [4.78, 5) is 38.9. The number of ether oxygens (including phenoxy) is 3. The summed E-state index contributed by atoms with van der Waals surface area (Å²) in [6, 6.07) is 14.7. The van der Waals surface area contributed by atoms with Gasteiger partial charge in [-0.15, -0.1) is 0 Å². The smallest absolute Gasteiger partial charge is 0.411 e. The molecule has 2 aromatic heterocycles. The Labute approximate surface area is 243 Å². The molecule has 0 atom stereocenters. The van der Waals surface area contributed by atoms with Crippen LogP contribution in [-0.4, -0.2) is 90.3 Å². The van der Waals surface area contributed by atoms with Crippen molar-refractivity contribution in [2.75, 3.05) is 63.8 Å². The van der Waals surface area contributed by atoms with Crippen LogP contribution in [0.3, 0.4) is 0 Å². The fourth-order valence-electron chi connectivity index (χ4n) is 5.50. The highest BCUT2D eigenvalue weighted by molar-refractivity contribution is 5.97. The number of fused-ring (bicyclic) bond motifs is 1. The van der Waals surface area contributed by atoms with Crippen LogP contribution in [0.5, 0.6) is 5.75 Å². The van der Waals surface area contributed by atoms with Crippen LogP contribution in [0, 0.1) is 0 Å². The molecule has 12 heteroatoms. The number of morpholine rings is 1. The number of carbonyl (C=O) groups is 2. The summed E-state index contributed by atoms with van der Waals surface area (Å²) in [7, 11) is 2.90. The van der Waals surface area contributed by atoms with Gasteiger partial charge >= 0.3 is 6.09 Å². The minimum Gasteiger partial charge on any atom is -0.496 e. The number of methoxy groups -OCH3 is 2. The zero-order valence-electron chi connectivity index (χ0n) is 23.7. The minimum absolute atomic E-state index is 0.0272. The number of anilines is 2. The number of nitrogens with zero attached hydrogens (tertiary/aromatic N) is 6. The van der Waals surface area contributed by atoms with Gasteiger partial charge in [-0.1, -0.05) is 12.1 Å². The first-order valence-corrected chi connectivity index (χ1v) is 14.0. The summed E-state index contributed by atoms with van der Waals surface area (Å²) in [5.41, 5.74) is 2.75. The van der Waals surface area contributed by atoms with Crippen LogP contribution in [0.15, 0.2) is 54.7 Å². The third kappa shape index (κ3) is 5.45. The summed E-state index contributed by atoms with van der Waals surface area (Å²) in [5.74, 6) is 1.95. The van der Waals surface area contributed by atoms with Crippen LogP contribution in [-0.2, 0) is 9.47 Å². The van der Waals surface area contributed by atoms with E-state index in [0.717, 1.165) is 48.3 Å². The van der Waals surface area contributed by atoms with Gasteiger partial charge in [-0.2, -0.15) is 5.10 Å². The average molecular weight is 572 g/mol. The number of amides is 2. The van der Waals surface area contributed by atoms with Gasteiger partial charge in [0.05, 0.1) is 50.6 Å². The maximum absolute atomic E-state index is 13.3. The minimum atomic E-state index is -0.533. The van der Waals surface area contributed by atoms with Crippen molar-refractivity contribution >= 4 is 34.5 Å². The van der Waals surface area contributed by atoms with E-state index in [4.69, 9.17) is 24.5 Å². The molecule has 0 unspecified atom stereocenters. The van der Waals surface area contributed by atoms with Crippen LogP contribution < -0.4 is 15.0 Å². The third-order valence-electron chi connectivity index (χ3n) is 7.75. The summed E-state index contributed by atoms with van der Waals surface area (Å²) in [6.45, 7) is 3.91. The Balaban J connectivity index is 1.29. The molecule has 0 bridgehead atoms. The van der Waals surface area contributed by atoms with E-state index in [1.165, 1.54) is 7.11 Å². The first kappa shape index (κ1) is 27.5. The molecular formula is C30H33N7O5. The number of benzene rings is 2. The highest BCUT2D eigenvalue weighted by atomic mass is 16.5. The largest absolute Gasteiger partial charge is 0.496 e. The quantitative estimate of drug-likeness (QED) is 0.366. The van der Waals surface area contributed by atoms with Crippen molar-refractivity contribution in [3.63, 3.8) is 0 Å². The number of hydrogen-bond acceptors (Lipinski definition) is 9. The Morgan fingerprint density at radius 2 is 1.69 bits per heavy atom. The van der Waals surface area contributed by atoms with Gasteiger partial charge in [0.25, 0.3) is 5.91 Å². The standard InChI is InChI=1S/C30H33N7O5/c1-40-25-6-4-3-5-23(25)29(38)36-13-11-22(12-14-36)37-28-24(19-31-37)27(35-15-17-42-18-16-35)33-26(34-28)20-7-9-21(10-8-20)32-30(39)41-2/h3-10,19,22H,11-18H2,1-2H3,(H,32,39). The van der Waals surface area contributed by atoms with E-state index in [-0.39, 0.29) is 11.9 Å². The molecule has 0 saturated carbocycles. The zero-order valence-corrected chi connectivity index (χ0v) is 23.7. The molecular weight excluding hydrogens is 538 g/mol. The number of aromatic nitrogens is 4. The van der Waals surface area contributed by atoms with Crippen molar-refractivity contribution in [3.8, 4) is 17.1 Å². The van der Waals surface area contributed by atoms with Crippen molar-refractivity contribution in [3.05, 3.63) is 60.3 Å². The molecule has 2 amide bonds. The lowest BCUT2D eigenvalue weighted by atomic mass is 10.0. The number of likely N-dealkylation sites (tertiary alicyclic amines) is 1. The molecule has 0 aliphatic carbocycles. The van der Waals surface area contributed by atoms with Crippen molar-refractivity contribution in [1.29, 1.82) is 0 Å². The van der Waals surface area contributed by atoms with Crippen LogP contribution in [0.25, 0.3) is 22.4 Å². The van der Waals surface area contributed by atoms with Crippen molar-refractivity contribution in [2.24, 2.45) is 0 Å². The number of rotatable bonds is 6. The van der Waals surface area contributed by atoms with E-state index in [1.54, 1.807) is 25.3 Å². The Bertz CT molecular complexity index is 1570. The summed E-state index contributed by atoms with van der Waals surface area (Å²) in [5, 5.41) is 8.34. The van der Waals surface area contributed by atoms with Crippen LogP contribution in [0.2, 0.25) is 0 Å². The Hall–Kier alpha value is -4.71. The lowest BCUT2D eigenvalue weighted by Crippen LogP contribution is -2.39. The topological polar surface area (TPSA) is 124 Å². The van der Waals surface area contributed by atoms with E-state index in [0.29, 0.717) is 49.1 Å². The summed E-state index contributed by atoms with van der Waals surface area (Å²) < 4.78 is 17.7. The van der Waals surface area contributed by atoms with Gasteiger partial charge in [0.1, 0.15) is 11.6 Å². The maximum atomic E-state index is 13.3. The highest BCUT2D eigenvalue weighted by Gasteiger charge is 2.29. The van der Waals surface area contributed by atoms with Crippen LogP contribution in [0.1, 0.15) is 29.2 Å². The molecule has 2 saturated heterocycles. The normalized spacial score (nSPS) is 16.0.